The van der Waals surface area contributed by atoms with Crippen LogP contribution in [0.4, 0.5) is 5.69 Å². The number of carbonyl (C=O) groups is 3. The Morgan fingerprint density at radius 1 is 0.818 bits per heavy atom. The molecule has 2 aromatic carbocycles. The predicted molar refractivity (Wildman–Crippen MR) is 86.0 cm³/mol. The summed E-state index contributed by atoms with van der Waals surface area (Å²) >= 11 is 10.9. The summed E-state index contributed by atoms with van der Waals surface area (Å²) in [6, 6.07) is 12.5. The van der Waals surface area contributed by atoms with E-state index in [4.69, 9.17) is 23.2 Å². The first kappa shape index (κ1) is 16.2. The van der Waals surface area contributed by atoms with Crippen LogP contribution in [0.15, 0.2) is 48.5 Å². The first-order valence-corrected chi connectivity index (χ1v) is 7.03. The van der Waals surface area contributed by atoms with E-state index in [1.54, 1.807) is 37.4 Å². The van der Waals surface area contributed by atoms with Gasteiger partial charge < -0.3 is 4.90 Å². The molecule has 0 N–H and O–H groups in total. The Labute approximate surface area is 137 Å². The third-order valence-electron chi connectivity index (χ3n) is 3.10. The molecule has 1 amide bonds. The van der Waals surface area contributed by atoms with Gasteiger partial charge in [0.1, 0.15) is 0 Å². The van der Waals surface area contributed by atoms with E-state index in [-0.39, 0.29) is 11.5 Å². The summed E-state index contributed by atoms with van der Waals surface area (Å²) in [6.07, 6.45) is 0. The van der Waals surface area contributed by atoms with Gasteiger partial charge in [0.25, 0.3) is 16.4 Å². The van der Waals surface area contributed by atoms with Crippen molar-refractivity contribution in [2.75, 3.05) is 11.9 Å². The lowest BCUT2D eigenvalue weighted by molar-refractivity contribution is 0.0991. The molecule has 0 aliphatic heterocycles. The summed E-state index contributed by atoms with van der Waals surface area (Å²) in [4.78, 5) is 36.2. The zero-order valence-electron chi connectivity index (χ0n) is 11.5. The van der Waals surface area contributed by atoms with E-state index in [1.165, 1.54) is 23.1 Å². The summed E-state index contributed by atoms with van der Waals surface area (Å²) in [5.41, 5.74) is 1.37. The van der Waals surface area contributed by atoms with Crippen LogP contribution in [0.5, 0.6) is 0 Å². The molecule has 0 spiro atoms. The van der Waals surface area contributed by atoms with Gasteiger partial charge in [-0.1, -0.05) is 18.2 Å². The van der Waals surface area contributed by atoms with Crippen molar-refractivity contribution in [3.8, 4) is 0 Å². The molecule has 0 aromatic heterocycles. The largest absolute Gasteiger partial charge is 0.311 e. The highest BCUT2D eigenvalue weighted by Gasteiger charge is 2.16. The van der Waals surface area contributed by atoms with E-state index in [1.807, 2.05) is 0 Å². The summed E-state index contributed by atoms with van der Waals surface area (Å²) in [6.45, 7) is 0. The van der Waals surface area contributed by atoms with E-state index >= 15 is 0 Å². The number of anilines is 1. The fraction of sp³-hybridized carbons (Fsp3) is 0.0625. The SMILES string of the molecule is CN(C(=O)c1cccc(C(=O)Cl)c1)c1cccc(C(=O)Cl)c1. The van der Waals surface area contributed by atoms with Crippen LogP contribution in [0.1, 0.15) is 31.1 Å². The van der Waals surface area contributed by atoms with Crippen LogP contribution in [0, 0.1) is 0 Å². The van der Waals surface area contributed by atoms with Crippen molar-refractivity contribution in [2.24, 2.45) is 0 Å². The molecule has 22 heavy (non-hydrogen) atoms. The Hall–Kier alpha value is -2.17. The summed E-state index contributed by atoms with van der Waals surface area (Å²) < 4.78 is 0. The molecule has 0 radical (unpaired) electrons. The number of carbonyl (C=O) groups excluding carboxylic acids is 3. The molecule has 0 heterocycles. The minimum atomic E-state index is -0.632. The van der Waals surface area contributed by atoms with Crippen molar-refractivity contribution >= 4 is 45.3 Å². The zero-order chi connectivity index (χ0) is 16.3. The molecular weight excluding hydrogens is 325 g/mol. The van der Waals surface area contributed by atoms with Crippen LogP contribution in [-0.2, 0) is 0 Å². The van der Waals surface area contributed by atoms with Gasteiger partial charge in [0, 0.05) is 29.4 Å². The molecule has 0 aliphatic carbocycles. The van der Waals surface area contributed by atoms with E-state index in [9.17, 15) is 14.4 Å². The smallest absolute Gasteiger partial charge is 0.258 e. The highest BCUT2D eigenvalue weighted by molar-refractivity contribution is 6.68. The number of halogens is 2. The number of amides is 1. The monoisotopic (exact) mass is 335 g/mol. The molecule has 0 bridgehead atoms. The molecule has 0 saturated carbocycles. The average molecular weight is 336 g/mol. The number of hydrogen-bond donors (Lipinski definition) is 0. The van der Waals surface area contributed by atoms with Gasteiger partial charge in [-0.25, -0.2) is 0 Å². The molecule has 0 aliphatic rings. The Kier molecular flexibility index (Phi) is 4.96. The average Bonchev–Trinajstić information content (AvgIpc) is 2.53. The van der Waals surface area contributed by atoms with Crippen LogP contribution in [0.2, 0.25) is 0 Å². The summed E-state index contributed by atoms with van der Waals surface area (Å²) in [7, 11) is 1.56. The number of rotatable bonds is 4. The zero-order valence-corrected chi connectivity index (χ0v) is 13.1. The van der Waals surface area contributed by atoms with Crippen molar-refractivity contribution in [3.63, 3.8) is 0 Å². The normalized spacial score (nSPS) is 10.1. The van der Waals surface area contributed by atoms with Crippen LogP contribution in [0.3, 0.4) is 0 Å². The third-order valence-corrected chi connectivity index (χ3v) is 3.54. The molecule has 0 atom stereocenters. The molecule has 4 nitrogen and oxygen atoms in total. The fourth-order valence-electron chi connectivity index (χ4n) is 1.92. The topological polar surface area (TPSA) is 54.5 Å². The lowest BCUT2D eigenvalue weighted by Gasteiger charge is -2.18. The number of hydrogen-bond acceptors (Lipinski definition) is 3. The molecule has 0 saturated heterocycles. The van der Waals surface area contributed by atoms with Gasteiger partial charge in [0.05, 0.1) is 0 Å². The van der Waals surface area contributed by atoms with Crippen molar-refractivity contribution in [1.82, 2.24) is 0 Å². The van der Waals surface area contributed by atoms with Crippen molar-refractivity contribution in [2.45, 2.75) is 0 Å². The molecule has 0 fully saturated rings. The Morgan fingerprint density at radius 2 is 1.32 bits per heavy atom. The molecule has 2 rings (SSSR count). The van der Waals surface area contributed by atoms with Crippen molar-refractivity contribution in [3.05, 3.63) is 65.2 Å². The van der Waals surface area contributed by atoms with Crippen molar-refractivity contribution in [1.29, 1.82) is 0 Å². The lowest BCUT2D eigenvalue weighted by atomic mass is 10.1. The Bertz CT molecular complexity index is 759. The number of nitrogens with zero attached hydrogens (tertiary/aromatic N) is 1. The summed E-state index contributed by atoms with van der Waals surface area (Å²) in [5, 5.41) is -1.23. The summed E-state index contributed by atoms with van der Waals surface area (Å²) in [5.74, 6) is -0.334. The Morgan fingerprint density at radius 3 is 1.91 bits per heavy atom. The van der Waals surface area contributed by atoms with Gasteiger partial charge in [0.15, 0.2) is 0 Å². The van der Waals surface area contributed by atoms with Gasteiger partial charge >= 0.3 is 0 Å². The maximum atomic E-state index is 12.5. The maximum absolute atomic E-state index is 12.5. The van der Waals surface area contributed by atoms with Gasteiger partial charge in [-0.3, -0.25) is 14.4 Å². The van der Waals surface area contributed by atoms with Crippen LogP contribution >= 0.6 is 23.2 Å². The first-order chi connectivity index (χ1) is 10.4. The van der Waals surface area contributed by atoms with Crippen LogP contribution < -0.4 is 4.90 Å². The van der Waals surface area contributed by atoms with Gasteiger partial charge in [-0.2, -0.15) is 0 Å². The van der Waals surface area contributed by atoms with Crippen LogP contribution in [-0.4, -0.2) is 23.4 Å². The van der Waals surface area contributed by atoms with Gasteiger partial charge in [-0.05, 0) is 53.5 Å². The van der Waals surface area contributed by atoms with E-state index in [2.05, 4.69) is 0 Å². The molecule has 112 valence electrons. The minimum Gasteiger partial charge on any atom is -0.311 e. The van der Waals surface area contributed by atoms with Crippen molar-refractivity contribution < 1.29 is 14.4 Å². The first-order valence-electron chi connectivity index (χ1n) is 6.28. The minimum absolute atomic E-state index is 0.241. The van der Waals surface area contributed by atoms with Gasteiger partial charge in [-0.15, -0.1) is 0 Å². The molecule has 6 heteroatoms. The highest BCUT2D eigenvalue weighted by atomic mass is 35.5. The predicted octanol–water partition coefficient (Wildman–Crippen LogP) is 3.72. The molecular formula is C16H11Cl2NO3. The van der Waals surface area contributed by atoms with E-state index in [0.717, 1.165) is 0 Å². The number of benzene rings is 2. The van der Waals surface area contributed by atoms with E-state index < -0.39 is 10.5 Å². The quantitative estimate of drug-likeness (QED) is 0.800. The molecule has 0 unspecified atom stereocenters. The Balaban J connectivity index is 2.33. The lowest BCUT2D eigenvalue weighted by Crippen LogP contribution is -2.26. The van der Waals surface area contributed by atoms with Gasteiger partial charge in [0.2, 0.25) is 0 Å². The second-order valence-electron chi connectivity index (χ2n) is 4.54. The molecule has 2 aromatic rings. The standard InChI is InChI=1S/C16H11Cl2NO3/c1-19(13-7-3-5-11(9-13)15(18)21)16(22)12-6-2-4-10(8-12)14(17)20/h2-9H,1H3. The maximum Gasteiger partial charge on any atom is 0.258 e. The second kappa shape index (κ2) is 6.73. The fourth-order valence-corrected chi connectivity index (χ4v) is 2.16. The second-order valence-corrected chi connectivity index (χ2v) is 5.23. The third kappa shape index (κ3) is 3.53. The van der Waals surface area contributed by atoms with Crippen LogP contribution in [0.25, 0.3) is 0 Å². The van der Waals surface area contributed by atoms with E-state index in [0.29, 0.717) is 16.8 Å². The highest BCUT2D eigenvalue weighted by Crippen LogP contribution is 2.19.